The van der Waals surface area contributed by atoms with Crippen LogP contribution in [-0.2, 0) is 4.74 Å². The maximum atomic E-state index is 12.8. The molecule has 1 saturated heterocycles. The number of furan rings is 1. The van der Waals surface area contributed by atoms with Crippen molar-refractivity contribution in [3.8, 4) is 0 Å². The van der Waals surface area contributed by atoms with E-state index in [2.05, 4.69) is 0 Å². The quantitative estimate of drug-likeness (QED) is 0.785. The molecule has 122 valence electrons. The zero-order valence-electron chi connectivity index (χ0n) is 13.7. The summed E-state index contributed by atoms with van der Waals surface area (Å²) in [5.74, 6) is 0.135. The lowest BCUT2D eigenvalue weighted by Gasteiger charge is -2.27. The number of carbonyl (C=O) groups is 2. The lowest BCUT2D eigenvalue weighted by Crippen LogP contribution is -2.43. The molecular formula is C18H21NO4. The zero-order valence-corrected chi connectivity index (χ0v) is 13.7. The Morgan fingerprint density at radius 1 is 1.26 bits per heavy atom. The first-order valence-electron chi connectivity index (χ1n) is 7.87. The fourth-order valence-electron chi connectivity index (χ4n) is 2.85. The van der Waals surface area contributed by atoms with Gasteiger partial charge in [0.05, 0.1) is 0 Å². The number of likely N-dealkylation sites (tertiary alicyclic amines) is 1. The molecule has 0 saturated carbocycles. The molecule has 5 heteroatoms. The average Bonchev–Trinajstić information content (AvgIpc) is 3.11. The molecule has 0 radical (unpaired) electrons. The highest BCUT2D eigenvalue weighted by molar-refractivity contribution is 6.02. The summed E-state index contributed by atoms with van der Waals surface area (Å²) >= 11 is 0. The third kappa shape index (κ3) is 3.23. The van der Waals surface area contributed by atoms with E-state index >= 15 is 0 Å². The largest absolute Gasteiger partial charge is 0.453 e. The Bertz CT molecular complexity index is 708. The molecule has 1 aromatic carbocycles. The van der Waals surface area contributed by atoms with E-state index in [-0.39, 0.29) is 5.78 Å². The molecule has 1 aliphatic rings. The molecule has 1 amide bonds. The van der Waals surface area contributed by atoms with Gasteiger partial charge in [-0.25, -0.2) is 4.79 Å². The third-order valence-electron chi connectivity index (χ3n) is 3.85. The van der Waals surface area contributed by atoms with Crippen LogP contribution in [0.1, 0.15) is 44.2 Å². The molecule has 0 N–H and O–H groups in total. The summed E-state index contributed by atoms with van der Waals surface area (Å²) < 4.78 is 11.0. The Morgan fingerprint density at radius 2 is 2.00 bits per heavy atom. The zero-order chi connectivity index (χ0) is 16.6. The fourth-order valence-corrected chi connectivity index (χ4v) is 2.85. The second-order valence-electron chi connectivity index (χ2n) is 6.84. The van der Waals surface area contributed by atoms with Crippen LogP contribution >= 0.6 is 0 Å². The number of ketones is 1. The molecule has 0 aliphatic carbocycles. The first-order chi connectivity index (χ1) is 10.8. The van der Waals surface area contributed by atoms with Gasteiger partial charge in [-0.15, -0.1) is 0 Å². The van der Waals surface area contributed by atoms with E-state index < -0.39 is 17.7 Å². The number of ether oxygens (including phenoxy) is 1. The van der Waals surface area contributed by atoms with E-state index in [0.717, 1.165) is 11.8 Å². The molecule has 0 bridgehead atoms. The lowest BCUT2D eigenvalue weighted by molar-refractivity contribution is 0.0220. The first kappa shape index (κ1) is 15.6. The number of para-hydroxylation sites is 1. The average molecular weight is 315 g/mol. The van der Waals surface area contributed by atoms with Gasteiger partial charge < -0.3 is 9.15 Å². The van der Waals surface area contributed by atoms with Gasteiger partial charge in [-0.05, 0) is 45.7 Å². The van der Waals surface area contributed by atoms with Gasteiger partial charge in [0.1, 0.15) is 17.2 Å². The van der Waals surface area contributed by atoms with Crippen molar-refractivity contribution >= 4 is 22.8 Å². The van der Waals surface area contributed by atoms with Crippen LogP contribution in [0.5, 0.6) is 0 Å². The van der Waals surface area contributed by atoms with Crippen LogP contribution in [0.15, 0.2) is 34.7 Å². The molecule has 0 spiro atoms. The second-order valence-corrected chi connectivity index (χ2v) is 6.84. The summed E-state index contributed by atoms with van der Waals surface area (Å²) in [6.45, 7) is 5.98. The van der Waals surface area contributed by atoms with Crippen molar-refractivity contribution in [2.24, 2.45) is 0 Å². The number of hydrogen-bond acceptors (Lipinski definition) is 4. The van der Waals surface area contributed by atoms with Gasteiger partial charge in [0.15, 0.2) is 5.76 Å². The number of fused-ring (bicyclic) bond motifs is 1. The van der Waals surface area contributed by atoms with E-state index in [4.69, 9.17) is 9.15 Å². The predicted molar refractivity (Wildman–Crippen MR) is 86.5 cm³/mol. The monoisotopic (exact) mass is 315 g/mol. The smallest absolute Gasteiger partial charge is 0.410 e. The Kier molecular flexibility index (Phi) is 3.88. The van der Waals surface area contributed by atoms with Crippen molar-refractivity contribution < 1.29 is 18.7 Å². The summed E-state index contributed by atoms with van der Waals surface area (Å²) in [7, 11) is 0. The highest BCUT2D eigenvalue weighted by Gasteiger charge is 2.38. The van der Waals surface area contributed by atoms with E-state index in [1.807, 2.05) is 45.0 Å². The van der Waals surface area contributed by atoms with Crippen molar-refractivity contribution in [2.75, 3.05) is 6.54 Å². The fraction of sp³-hybridized carbons (Fsp3) is 0.444. The predicted octanol–water partition coefficient (Wildman–Crippen LogP) is 4.02. The van der Waals surface area contributed by atoms with Crippen molar-refractivity contribution in [1.82, 2.24) is 4.90 Å². The van der Waals surface area contributed by atoms with Crippen LogP contribution in [0.25, 0.3) is 11.0 Å². The standard InChI is InChI=1S/C18H21NO4/c1-18(2,3)23-17(21)19-10-6-8-13(19)16(20)15-11-12-7-4-5-9-14(12)22-15/h4-5,7,9,11,13H,6,8,10H2,1-3H3/t13-/m0/s1. The third-order valence-corrected chi connectivity index (χ3v) is 3.85. The second kappa shape index (κ2) is 5.72. The van der Waals surface area contributed by atoms with E-state index in [0.29, 0.717) is 24.3 Å². The maximum absolute atomic E-state index is 12.8. The summed E-state index contributed by atoms with van der Waals surface area (Å²) in [6, 6.07) is 8.72. The van der Waals surface area contributed by atoms with Gasteiger partial charge in [0.25, 0.3) is 0 Å². The number of nitrogens with zero attached hydrogens (tertiary/aromatic N) is 1. The molecule has 5 nitrogen and oxygen atoms in total. The summed E-state index contributed by atoms with van der Waals surface area (Å²) in [6.07, 6.45) is 0.981. The molecule has 1 atom stereocenters. The van der Waals surface area contributed by atoms with Crippen molar-refractivity contribution in [2.45, 2.75) is 45.3 Å². The van der Waals surface area contributed by atoms with Crippen LogP contribution in [-0.4, -0.2) is 35.0 Å². The van der Waals surface area contributed by atoms with Crippen LogP contribution < -0.4 is 0 Å². The Balaban J connectivity index is 1.81. The number of carbonyl (C=O) groups excluding carboxylic acids is 2. The molecule has 1 fully saturated rings. The van der Waals surface area contributed by atoms with E-state index in [1.54, 1.807) is 6.07 Å². The van der Waals surface area contributed by atoms with Crippen LogP contribution in [0.4, 0.5) is 4.79 Å². The normalized spacial score (nSPS) is 18.4. The van der Waals surface area contributed by atoms with Crippen LogP contribution in [0, 0.1) is 0 Å². The number of Topliss-reactive ketones (excluding diaryl/α,β-unsaturated/α-hetero) is 1. The number of rotatable bonds is 2. The van der Waals surface area contributed by atoms with Gasteiger partial charge in [-0.3, -0.25) is 9.69 Å². The maximum Gasteiger partial charge on any atom is 0.410 e. The molecular weight excluding hydrogens is 294 g/mol. The molecule has 3 rings (SSSR count). The van der Waals surface area contributed by atoms with Gasteiger partial charge in [-0.2, -0.15) is 0 Å². The van der Waals surface area contributed by atoms with E-state index in [9.17, 15) is 9.59 Å². The Morgan fingerprint density at radius 3 is 2.70 bits per heavy atom. The molecule has 1 aliphatic heterocycles. The molecule has 2 aromatic rings. The number of benzene rings is 1. The summed E-state index contributed by atoms with van der Waals surface area (Å²) in [4.78, 5) is 26.6. The molecule has 23 heavy (non-hydrogen) atoms. The number of amides is 1. The molecule has 2 heterocycles. The highest BCUT2D eigenvalue weighted by Crippen LogP contribution is 2.26. The van der Waals surface area contributed by atoms with Crippen LogP contribution in [0.3, 0.4) is 0 Å². The molecule has 1 aromatic heterocycles. The topological polar surface area (TPSA) is 59.8 Å². The SMILES string of the molecule is CC(C)(C)OC(=O)N1CCC[C@H]1C(=O)c1cc2ccccc2o1. The van der Waals surface area contributed by atoms with Gasteiger partial charge >= 0.3 is 6.09 Å². The van der Waals surface area contributed by atoms with E-state index in [1.165, 1.54) is 4.90 Å². The van der Waals surface area contributed by atoms with Crippen molar-refractivity contribution in [3.63, 3.8) is 0 Å². The Hall–Kier alpha value is -2.30. The minimum atomic E-state index is -0.577. The van der Waals surface area contributed by atoms with Crippen molar-refractivity contribution in [3.05, 3.63) is 36.1 Å². The first-order valence-corrected chi connectivity index (χ1v) is 7.87. The van der Waals surface area contributed by atoms with Gasteiger partial charge in [0, 0.05) is 11.9 Å². The molecule has 0 unspecified atom stereocenters. The highest BCUT2D eigenvalue weighted by atomic mass is 16.6. The van der Waals surface area contributed by atoms with Crippen molar-refractivity contribution in [1.29, 1.82) is 0 Å². The van der Waals surface area contributed by atoms with Crippen LogP contribution in [0.2, 0.25) is 0 Å². The summed E-state index contributed by atoms with van der Waals surface area (Å²) in [5.41, 5.74) is 0.102. The summed E-state index contributed by atoms with van der Waals surface area (Å²) in [5, 5.41) is 0.887. The number of hydrogen-bond donors (Lipinski definition) is 0. The lowest BCUT2D eigenvalue weighted by atomic mass is 10.1. The minimum absolute atomic E-state index is 0.162. The minimum Gasteiger partial charge on any atom is -0.453 e. The Labute approximate surface area is 135 Å². The van der Waals surface area contributed by atoms with Gasteiger partial charge in [-0.1, -0.05) is 18.2 Å². The van der Waals surface area contributed by atoms with Gasteiger partial charge in [0.2, 0.25) is 5.78 Å².